The van der Waals surface area contributed by atoms with Crippen molar-refractivity contribution >= 4 is 17.4 Å². The molecule has 1 saturated heterocycles. The van der Waals surface area contributed by atoms with Gasteiger partial charge in [0.1, 0.15) is 0 Å². The van der Waals surface area contributed by atoms with E-state index in [1.165, 1.54) is 0 Å². The van der Waals surface area contributed by atoms with E-state index in [9.17, 15) is 4.79 Å². The molecule has 1 aliphatic rings. The molecule has 2 atom stereocenters. The molecular weight excluding hydrogens is 274 g/mol. The summed E-state index contributed by atoms with van der Waals surface area (Å²) in [7, 11) is 0. The van der Waals surface area contributed by atoms with E-state index in [4.69, 9.17) is 16.3 Å². The quantitative estimate of drug-likeness (QED) is 0.753. The van der Waals surface area contributed by atoms with Gasteiger partial charge in [-0.1, -0.05) is 18.5 Å². The summed E-state index contributed by atoms with van der Waals surface area (Å²) in [6.07, 6.45) is 2.50. The van der Waals surface area contributed by atoms with Gasteiger partial charge in [0.25, 0.3) is 0 Å². The van der Waals surface area contributed by atoms with Crippen molar-refractivity contribution in [3.63, 3.8) is 0 Å². The first-order valence-corrected chi connectivity index (χ1v) is 7.65. The molecule has 0 saturated carbocycles. The number of ether oxygens (including phenoxy) is 1. The number of halogens is 1. The third-order valence-electron chi connectivity index (χ3n) is 3.92. The zero-order valence-corrected chi connectivity index (χ0v) is 12.9. The van der Waals surface area contributed by atoms with E-state index in [0.717, 1.165) is 32.5 Å². The maximum Gasteiger partial charge on any atom is 0.179 e. The molecule has 110 valence electrons. The lowest BCUT2D eigenvalue weighted by molar-refractivity contribution is 0.0552. The molecule has 1 aromatic carbocycles. The Morgan fingerprint density at radius 3 is 2.70 bits per heavy atom. The predicted molar refractivity (Wildman–Crippen MR) is 81.5 cm³/mol. The predicted octanol–water partition coefficient (Wildman–Crippen LogP) is 3.41. The second-order valence-electron chi connectivity index (χ2n) is 5.27. The first kappa shape index (κ1) is 15.5. The Morgan fingerprint density at radius 2 is 2.15 bits per heavy atom. The molecule has 0 spiro atoms. The Morgan fingerprint density at radius 1 is 1.45 bits per heavy atom. The van der Waals surface area contributed by atoms with Crippen molar-refractivity contribution in [3.8, 4) is 0 Å². The molecule has 0 radical (unpaired) electrons. The fourth-order valence-corrected chi connectivity index (χ4v) is 2.76. The van der Waals surface area contributed by atoms with Crippen molar-refractivity contribution in [1.82, 2.24) is 4.90 Å². The summed E-state index contributed by atoms with van der Waals surface area (Å²) >= 11 is 5.86. The van der Waals surface area contributed by atoms with Crippen molar-refractivity contribution in [2.75, 3.05) is 19.7 Å². The number of likely N-dealkylation sites (N-methyl/N-ethyl adjacent to an activating group) is 1. The van der Waals surface area contributed by atoms with Crippen LogP contribution in [0.5, 0.6) is 0 Å². The van der Waals surface area contributed by atoms with Crippen LogP contribution in [0, 0.1) is 0 Å². The van der Waals surface area contributed by atoms with Gasteiger partial charge in [0, 0.05) is 23.7 Å². The van der Waals surface area contributed by atoms with Crippen LogP contribution in [0.15, 0.2) is 24.3 Å². The fourth-order valence-electron chi connectivity index (χ4n) is 2.63. The molecule has 4 heteroatoms. The van der Waals surface area contributed by atoms with Crippen LogP contribution in [-0.2, 0) is 4.74 Å². The van der Waals surface area contributed by atoms with Crippen molar-refractivity contribution in [2.45, 2.75) is 38.8 Å². The van der Waals surface area contributed by atoms with E-state index >= 15 is 0 Å². The highest BCUT2D eigenvalue weighted by molar-refractivity contribution is 6.30. The van der Waals surface area contributed by atoms with Crippen LogP contribution in [0.2, 0.25) is 5.02 Å². The number of Topliss-reactive ketones (excluding diaryl/α,β-unsaturated/α-hetero) is 1. The summed E-state index contributed by atoms with van der Waals surface area (Å²) in [4.78, 5) is 14.7. The Hall–Kier alpha value is -0.900. The van der Waals surface area contributed by atoms with Gasteiger partial charge in [0.2, 0.25) is 0 Å². The van der Waals surface area contributed by atoms with Gasteiger partial charge in [-0.15, -0.1) is 0 Å². The van der Waals surface area contributed by atoms with Gasteiger partial charge in [0.15, 0.2) is 5.78 Å². The third kappa shape index (κ3) is 3.81. The van der Waals surface area contributed by atoms with Crippen LogP contribution >= 0.6 is 11.6 Å². The number of carbonyl (C=O) groups excluding carboxylic acids is 1. The van der Waals surface area contributed by atoms with Crippen molar-refractivity contribution in [1.29, 1.82) is 0 Å². The number of hydrogen-bond acceptors (Lipinski definition) is 3. The Kier molecular flexibility index (Phi) is 5.58. The van der Waals surface area contributed by atoms with Crippen LogP contribution in [-0.4, -0.2) is 42.5 Å². The molecule has 0 aromatic heterocycles. The number of benzene rings is 1. The molecule has 0 N–H and O–H groups in total. The Balaban J connectivity index is 2.01. The number of nitrogens with zero attached hydrogens (tertiary/aromatic N) is 1. The van der Waals surface area contributed by atoms with E-state index in [1.807, 2.05) is 6.92 Å². The maximum atomic E-state index is 12.5. The summed E-state index contributed by atoms with van der Waals surface area (Å²) in [5, 5.41) is 0.654. The van der Waals surface area contributed by atoms with Crippen LogP contribution in [0.25, 0.3) is 0 Å². The molecule has 20 heavy (non-hydrogen) atoms. The van der Waals surface area contributed by atoms with E-state index in [-0.39, 0.29) is 17.9 Å². The molecule has 1 heterocycles. The SMILES string of the molecule is CCN(CC1CCCO1)C(C)C(=O)c1ccc(Cl)cc1. The molecule has 1 aromatic rings. The Bertz CT molecular complexity index is 440. The van der Waals surface area contributed by atoms with Crippen molar-refractivity contribution in [3.05, 3.63) is 34.9 Å². The normalized spacial score (nSPS) is 20.3. The number of hydrogen-bond donors (Lipinski definition) is 0. The van der Waals surface area contributed by atoms with Gasteiger partial charge in [-0.2, -0.15) is 0 Å². The van der Waals surface area contributed by atoms with Crippen molar-refractivity contribution < 1.29 is 9.53 Å². The van der Waals surface area contributed by atoms with E-state index in [1.54, 1.807) is 24.3 Å². The fraction of sp³-hybridized carbons (Fsp3) is 0.562. The molecule has 1 fully saturated rings. The molecule has 0 aliphatic carbocycles. The summed E-state index contributed by atoms with van der Waals surface area (Å²) in [6, 6.07) is 6.98. The minimum absolute atomic E-state index is 0.134. The molecule has 1 aliphatic heterocycles. The van der Waals surface area contributed by atoms with E-state index in [2.05, 4.69) is 11.8 Å². The second kappa shape index (κ2) is 7.21. The van der Waals surface area contributed by atoms with E-state index < -0.39 is 0 Å². The summed E-state index contributed by atoms with van der Waals surface area (Å²) < 4.78 is 5.67. The topological polar surface area (TPSA) is 29.5 Å². The molecule has 3 nitrogen and oxygen atoms in total. The van der Waals surface area contributed by atoms with Crippen LogP contribution in [0.3, 0.4) is 0 Å². The minimum Gasteiger partial charge on any atom is -0.377 e. The molecule has 2 unspecified atom stereocenters. The van der Waals surface area contributed by atoms with Crippen molar-refractivity contribution in [2.24, 2.45) is 0 Å². The van der Waals surface area contributed by atoms with Crippen LogP contribution < -0.4 is 0 Å². The lowest BCUT2D eigenvalue weighted by Gasteiger charge is -2.29. The van der Waals surface area contributed by atoms with Crippen LogP contribution in [0.4, 0.5) is 0 Å². The highest BCUT2D eigenvalue weighted by Gasteiger charge is 2.25. The monoisotopic (exact) mass is 295 g/mol. The van der Waals surface area contributed by atoms with Gasteiger partial charge in [-0.25, -0.2) is 0 Å². The zero-order chi connectivity index (χ0) is 14.5. The highest BCUT2D eigenvalue weighted by Crippen LogP contribution is 2.17. The number of ketones is 1. The standard InChI is InChI=1S/C16H22ClNO2/c1-3-18(11-15-5-4-10-20-15)12(2)16(19)13-6-8-14(17)9-7-13/h6-9,12,15H,3-5,10-11H2,1-2H3. The van der Waals surface area contributed by atoms with Gasteiger partial charge in [0.05, 0.1) is 12.1 Å². The summed E-state index contributed by atoms with van der Waals surface area (Å²) in [6.45, 7) is 6.58. The highest BCUT2D eigenvalue weighted by atomic mass is 35.5. The first-order valence-electron chi connectivity index (χ1n) is 7.27. The molecular formula is C16H22ClNO2. The average Bonchev–Trinajstić information content (AvgIpc) is 2.97. The molecule has 0 amide bonds. The second-order valence-corrected chi connectivity index (χ2v) is 5.71. The minimum atomic E-state index is -0.134. The maximum absolute atomic E-state index is 12.5. The largest absolute Gasteiger partial charge is 0.377 e. The lowest BCUT2D eigenvalue weighted by Crippen LogP contribution is -2.43. The molecule has 2 rings (SSSR count). The van der Waals surface area contributed by atoms with Gasteiger partial charge in [-0.3, -0.25) is 9.69 Å². The summed E-state index contributed by atoms with van der Waals surface area (Å²) in [5.74, 6) is 0.140. The van der Waals surface area contributed by atoms with Gasteiger partial charge >= 0.3 is 0 Å². The first-order chi connectivity index (χ1) is 9.61. The number of carbonyl (C=O) groups is 1. The van der Waals surface area contributed by atoms with Gasteiger partial charge < -0.3 is 4.74 Å². The lowest BCUT2D eigenvalue weighted by atomic mass is 10.0. The Labute approximate surface area is 125 Å². The van der Waals surface area contributed by atoms with Gasteiger partial charge in [-0.05, 0) is 50.6 Å². The molecule has 0 bridgehead atoms. The van der Waals surface area contributed by atoms with E-state index in [0.29, 0.717) is 10.6 Å². The smallest absolute Gasteiger partial charge is 0.179 e. The summed E-state index contributed by atoms with van der Waals surface area (Å²) in [5.41, 5.74) is 0.715. The van der Waals surface area contributed by atoms with Crippen LogP contribution in [0.1, 0.15) is 37.0 Å². The zero-order valence-electron chi connectivity index (χ0n) is 12.1. The number of rotatable bonds is 6. The average molecular weight is 296 g/mol. The third-order valence-corrected chi connectivity index (χ3v) is 4.18.